The highest BCUT2D eigenvalue weighted by atomic mass is 32.1. The van der Waals surface area contributed by atoms with Crippen LogP contribution in [0.25, 0.3) is 0 Å². The number of aromatic nitrogens is 3. The van der Waals surface area contributed by atoms with Crippen LogP contribution in [0.3, 0.4) is 0 Å². The summed E-state index contributed by atoms with van der Waals surface area (Å²) in [6.45, 7) is 3.80. The van der Waals surface area contributed by atoms with Gasteiger partial charge in [-0.05, 0) is 19.8 Å². The monoisotopic (exact) mass is 248 g/mol. The summed E-state index contributed by atoms with van der Waals surface area (Å²) in [5.74, 6) is 1.06. The van der Waals surface area contributed by atoms with Crippen molar-refractivity contribution in [2.75, 3.05) is 0 Å². The molecule has 0 radical (unpaired) electrons. The molecule has 0 saturated heterocycles. The zero-order valence-electron chi connectivity index (χ0n) is 9.89. The van der Waals surface area contributed by atoms with Crippen molar-refractivity contribution in [2.45, 2.75) is 38.9 Å². The lowest BCUT2D eigenvalue weighted by Crippen LogP contribution is -2.18. The number of hydrogen-bond acceptors (Lipinski definition) is 4. The van der Waals surface area contributed by atoms with Gasteiger partial charge in [0.25, 0.3) is 0 Å². The average molecular weight is 248 g/mol. The zero-order chi connectivity index (χ0) is 11.7. The first-order valence-corrected chi connectivity index (χ1v) is 6.83. The van der Waals surface area contributed by atoms with E-state index in [1.54, 1.807) is 11.3 Å². The predicted octanol–water partition coefficient (Wildman–Crippen LogP) is 1.95. The average Bonchev–Trinajstić information content (AvgIpc) is 2.90. The molecule has 0 spiro atoms. The third-order valence-corrected chi connectivity index (χ3v) is 3.83. The van der Waals surface area contributed by atoms with Crippen LogP contribution in [0, 0.1) is 6.92 Å². The molecule has 0 aromatic carbocycles. The van der Waals surface area contributed by atoms with Gasteiger partial charge in [-0.3, -0.25) is 0 Å². The van der Waals surface area contributed by atoms with E-state index in [0.717, 1.165) is 30.0 Å². The van der Waals surface area contributed by atoms with Crippen molar-refractivity contribution in [2.24, 2.45) is 0 Å². The molecule has 1 N–H and O–H groups in total. The molecule has 3 rings (SSSR count). The molecule has 0 aliphatic heterocycles. The van der Waals surface area contributed by atoms with Crippen LogP contribution < -0.4 is 5.32 Å². The molecular formula is C12H16N4S. The van der Waals surface area contributed by atoms with Crippen LogP contribution in [0.1, 0.15) is 29.4 Å². The van der Waals surface area contributed by atoms with E-state index in [9.17, 15) is 0 Å². The summed E-state index contributed by atoms with van der Waals surface area (Å²) in [5.41, 5.74) is 1.25. The number of aryl methyl sites for hydroxylation is 1. The minimum atomic E-state index is 0.735. The minimum Gasteiger partial charge on any atom is -0.324 e. The van der Waals surface area contributed by atoms with E-state index in [1.165, 1.54) is 18.5 Å². The first kappa shape index (κ1) is 10.9. The first-order chi connectivity index (χ1) is 8.33. The fourth-order valence-corrected chi connectivity index (χ4v) is 2.48. The second kappa shape index (κ2) is 4.58. The van der Waals surface area contributed by atoms with Crippen molar-refractivity contribution in [1.29, 1.82) is 0 Å². The Bertz CT molecular complexity index is 485. The number of nitrogens with zero attached hydrogens (tertiary/aromatic N) is 3. The number of nitrogens with one attached hydrogen (secondary N) is 1. The highest BCUT2D eigenvalue weighted by Gasteiger charge is 2.21. The van der Waals surface area contributed by atoms with Crippen molar-refractivity contribution in [3.63, 3.8) is 0 Å². The van der Waals surface area contributed by atoms with Crippen LogP contribution >= 0.6 is 11.3 Å². The number of imidazole rings is 1. The summed E-state index contributed by atoms with van der Waals surface area (Å²) in [5, 5.41) is 6.68. The second-order valence-corrected chi connectivity index (χ2v) is 5.44. The summed E-state index contributed by atoms with van der Waals surface area (Å²) < 4.78 is 2.24. The molecule has 0 bridgehead atoms. The summed E-state index contributed by atoms with van der Waals surface area (Å²) in [6, 6.07) is 0.735. The number of hydrogen-bond donors (Lipinski definition) is 1. The topological polar surface area (TPSA) is 42.7 Å². The Balaban J connectivity index is 1.74. The van der Waals surface area contributed by atoms with Gasteiger partial charge in [0.15, 0.2) is 0 Å². The molecule has 90 valence electrons. The van der Waals surface area contributed by atoms with Crippen LogP contribution in [-0.2, 0) is 13.1 Å². The number of rotatable bonds is 5. The maximum atomic E-state index is 4.40. The third-order valence-electron chi connectivity index (χ3n) is 3.06. The Morgan fingerprint density at radius 1 is 1.47 bits per heavy atom. The molecule has 2 aromatic rings. The molecule has 1 aliphatic rings. The number of thiazole rings is 1. The smallest absolute Gasteiger partial charge is 0.112 e. The van der Waals surface area contributed by atoms with Crippen LogP contribution in [0.2, 0.25) is 0 Å². The van der Waals surface area contributed by atoms with Gasteiger partial charge in [-0.2, -0.15) is 0 Å². The van der Waals surface area contributed by atoms with Gasteiger partial charge in [-0.1, -0.05) is 0 Å². The van der Waals surface area contributed by atoms with Gasteiger partial charge >= 0.3 is 0 Å². The van der Waals surface area contributed by atoms with Crippen molar-refractivity contribution in [3.05, 3.63) is 34.3 Å². The second-order valence-electron chi connectivity index (χ2n) is 4.46. The maximum absolute atomic E-state index is 4.40. The maximum Gasteiger partial charge on any atom is 0.112 e. The molecule has 0 unspecified atom stereocenters. The van der Waals surface area contributed by atoms with E-state index in [1.807, 2.05) is 24.7 Å². The van der Waals surface area contributed by atoms with Crippen LogP contribution in [0.5, 0.6) is 0 Å². The summed E-state index contributed by atoms with van der Waals surface area (Å²) in [7, 11) is 0. The Morgan fingerprint density at radius 3 is 3.06 bits per heavy atom. The highest BCUT2D eigenvalue weighted by Crippen LogP contribution is 2.19. The Morgan fingerprint density at radius 2 is 2.35 bits per heavy atom. The van der Waals surface area contributed by atoms with E-state index in [0.29, 0.717) is 0 Å². The van der Waals surface area contributed by atoms with E-state index in [4.69, 9.17) is 0 Å². The highest BCUT2D eigenvalue weighted by molar-refractivity contribution is 7.09. The molecule has 1 saturated carbocycles. The van der Waals surface area contributed by atoms with Crippen LogP contribution in [0.4, 0.5) is 0 Å². The Labute approximate surface area is 105 Å². The van der Waals surface area contributed by atoms with Gasteiger partial charge in [0, 0.05) is 30.4 Å². The molecule has 17 heavy (non-hydrogen) atoms. The lowest BCUT2D eigenvalue weighted by Gasteiger charge is -2.09. The molecule has 1 fully saturated rings. The fourth-order valence-electron chi connectivity index (χ4n) is 1.87. The van der Waals surface area contributed by atoms with Crippen LogP contribution in [-0.4, -0.2) is 20.6 Å². The first-order valence-electron chi connectivity index (χ1n) is 5.95. The molecule has 1 aliphatic carbocycles. The zero-order valence-corrected chi connectivity index (χ0v) is 10.7. The normalized spacial score (nSPS) is 15.4. The Kier molecular flexibility index (Phi) is 2.94. The van der Waals surface area contributed by atoms with Crippen molar-refractivity contribution < 1.29 is 0 Å². The Hall–Kier alpha value is -1.20. The van der Waals surface area contributed by atoms with Gasteiger partial charge < -0.3 is 9.88 Å². The van der Waals surface area contributed by atoms with Gasteiger partial charge in [-0.25, -0.2) is 9.97 Å². The van der Waals surface area contributed by atoms with Crippen molar-refractivity contribution in [1.82, 2.24) is 19.9 Å². The van der Waals surface area contributed by atoms with Gasteiger partial charge in [-0.15, -0.1) is 11.3 Å². The molecule has 2 aromatic heterocycles. The van der Waals surface area contributed by atoms with Crippen LogP contribution in [0.15, 0.2) is 17.8 Å². The quantitative estimate of drug-likeness (QED) is 0.879. The summed E-state index contributed by atoms with van der Waals surface area (Å²) >= 11 is 1.70. The minimum absolute atomic E-state index is 0.735. The van der Waals surface area contributed by atoms with E-state index >= 15 is 0 Å². The molecule has 4 nitrogen and oxygen atoms in total. The summed E-state index contributed by atoms with van der Waals surface area (Å²) in [6.07, 6.45) is 6.46. The van der Waals surface area contributed by atoms with Gasteiger partial charge in [0.2, 0.25) is 0 Å². The molecule has 0 amide bonds. The van der Waals surface area contributed by atoms with Gasteiger partial charge in [0.1, 0.15) is 10.8 Å². The SMILES string of the molecule is Cc1ncc(CNC2CC2)n1Cc1nccs1. The molecular weight excluding hydrogens is 232 g/mol. The predicted molar refractivity (Wildman–Crippen MR) is 68.0 cm³/mol. The van der Waals surface area contributed by atoms with E-state index in [2.05, 4.69) is 19.9 Å². The van der Waals surface area contributed by atoms with E-state index < -0.39 is 0 Å². The van der Waals surface area contributed by atoms with Crippen molar-refractivity contribution in [3.8, 4) is 0 Å². The fraction of sp³-hybridized carbons (Fsp3) is 0.500. The third kappa shape index (κ3) is 2.56. The lowest BCUT2D eigenvalue weighted by atomic mass is 10.4. The molecule has 2 heterocycles. The molecule has 5 heteroatoms. The molecule has 0 atom stereocenters. The van der Waals surface area contributed by atoms with Crippen molar-refractivity contribution >= 4 is 11.3 Å². The largest absolute Gasteiger partial charge is 0.324 e. The summed E-state index contributed by atoms with van der Waals surface area (Å²) in [4.78, 5) is 8.73. The van der Waals surface area contributed by atoms with E-state index in [-0.39, 0.29) is 0 Å². The van der Waals surface area contributed by atoms with Gasteiger partial charge in [0.05, 0.1) is 12.2 Å². The lowest BCUT2D eigenvalue weighted by molar-refractivity contribution is 0.626. The standard InChI is InChI=1S/C12H16N4S/c1-9-14-6-11(7-15-10-2-3-10)16(9)8-12-13-4-5-17-12/h4-6,10,15H,2-3,7-8H2,1H3.